The second-order valence-corrected chi connectivity index (χ2v) is 4.95. The number of benzene rings is 1. The van der Waals surface area contributed by atoms with E-state index in [2.05, 4.69) is 4.98 Å². The number of Topliss-reactive ketones (excluding diaryl/α,β-unsaturated/α-hetero) is 1. The number of aromatic nitrogens is 1. The summed E-state index contributed by atoms with van der Waals surface area (Å²) in [4.78, 5) is 26.6. The van der Waals surface area contributed by atoms with E-state index in [1.807, 2.05) is 0 Å². The van der Waals surface area contributed by atoms with Crippen molar-refractivity contribution in [3.8, 4) is 0 Å². The van der Waals surface area contributed by atoms with E-state index in [1.54, 1.807) is 6.26 Å². The van der Waals surface area contributed by atoms with Crippen LogP contribution in [0.3, 0.4) is 0 Å². The number of hydrogen-bond acceptors (Lipinski definition) is 3. The Hall–Kier alpha value is -1.33. The average molecular weight is 286 g/mol. The van der Waals surface area contributed by atoms with E-state index < -0.39 is 11.2 Å². The van der Waals surface area contributed by atoms with Gasteiger partial charge >= 0.3 is 0 Å². The zero-order chi connectivity index (χ0) is 13.4. The van der Waals surface area contributed by atoms with E-state index in [-0.39, 0.29) is 21.8 Å². The first-order valence-corrected chi connectivity index (χ1v) is 6.66. The lowest BCUT2D eigenvalue weighted by molar-refractivity contribution is 0.101. The molecule has 0 unspecified atom stereocenters. The summed E-state index contributed by atoms with van der Waals surface area (Å²) in [6, 6.07) is 2.39. The maximum atomic E-state index is 13.4. The van der Waals surface area contributed by atoms with Crippen LogP contribution in [-0.4, -0.2) is 17.0 Å². The van der Waals surface area contributed by atoms with E-state index >= 15 is 0 Å². The predicted molar refractivity (Wildman–Crippen MR) is 71.3 cm³/mol. The molecule has 0 aliphatic carbocycles. The molecule has 1 aromatic carbocycles. The molecule has 0 atom stereocenters. The molecule has 1 heterocycles. The van der Waals surface area contributed by atoms with Gasteiger partial charge in [-0.05, 0) is 25.3 Å². The highest BCUT2D eigenvalue weighted by molar-refractivity contribution is 7.98. The average Bonchev–Trinajstić information content (AvgIpc) is 2.30. The van der Waals surface area contributed by atoms with Crippen molar-refractivity contribution in [2.75, 3.05) is 6.26 Å². The lowest BCUT2D eigenvalue weighted by Crippen LogP contribution is -2.16. The molecule has 0 aliphatic heterocycles. The standard InChI is InChI=1S/C12H9ClFNO2S/c1-5(16)10-11(17)6-3-8(14)7(13)4-9(6)15-12(10)18-2/h3-4H,1-2H3,(H,15,17). The second-order valence-electron chi connectivity index (χ2n) is 3.73. The van der Waals surface area contributed by atoms with Crippen LogP contribution < -0.4 is 5.43 Å². The van der Waals surface area contributed by atoms with Gasteiger partial charge in [-0.15, -0.1) is 11.8 Å². The fourth-order valence-corrected chi connectivity index (χ4v) is 2.55. The Morgan fingerprint density at radius 3 is 2.67 bits per heavy atom. The van der Waals surface area contributed by atoms with E-state index in [1.165, 1.54) is 24.8 Å². The number of hydrogen-bond donors (Lipinski definition) is 1. The van der Waals surface area contributed by atoms with Crippen molar-refractivity contribution in [3.05, 3.63) is 38.8 Å². The summed E-state index contributed by atoms with van der Waals surface area (Å²) >= 11 is 6.92. The first-order valence-electron chi connectivity index (χ1n) is 5.05. The summed E-state index contributed by atoms with van der Waals surface area (Å²) in [5.74, 6) is -1.03. The Morgan fingerprint density at radius 2 is 2.11 bits per heavy atom. The minimum atomic E-state index is -0.680. The minimum absolute atomic E-state index is 0.0525. The Bertz CT molecular complexity index is 711. The number of carbonyl (C=O) groups excluding carboxylic acids is 1. The molecule has 0 spiro atoms. The first kappa shape index (κ1) is 13.1. The highest BCUT2D eigenvalue weighted by Crippen LogP contribution is 2.24. The zero-order valence-corrected chi connectivity index (χ0v) is 11.2. The molecule has 94 valence electrons. The van der Waals surface area contributed by atoms with Gasteiger partial charge in [-0.3, -0.25) is 9.59 Å². The zero-order valence-electron chi connectivity index (χ0n) is 9.64. The summed E-state index contributed by atoms with van der Waals surface area (Å²) < 4.78 is 13.4. The fraction of sp³-hybridized carbons (Fsp3) is 0.167. The first-order chi connectivity index (χ1) is 8.45. The highest BCUT2D eigenvalue weighted by Gasteiger charge is 2.16. The van der Waals surface area contributed by atoms with Crippen molar-refractivity contribution in [1.82, 2.24) is 4.98 Å². The molecule has 0 amide bonds. The molecule has 0 saturated carbocycles. The SMILES string of the molecule is CSc1[nH]c2cc(Cl)c(F)cc2c(=O)c1C(C)=O. The van der Waals surface area contributed by atoms with E-state index in [4.69, 9.17) is 11.6 Å². The largest absolute Gasteiger partial charge is 0.349 e. The lowest BCUT2D eigenvalue weighted by atomic mass is 10.1. The third-order valence-corrected chi connectivity index (χ3v) is 3.57. The third-order valence-electron chi connectivity index (χ3n) is 2.56. The smallest absolute Gasteiger partial charge is 0.201 e. The summed E-state index contributed by atoms with van der Waals surface area (Å²) in [7, 11) is 0. The number of nitrogens with one attached hydrogen (secondary N) is 1. The van der Waals surface area contributed by atoms with Crippen molar-refractivity contribution in [3.63, 3.8) is 0 Å². The molecule has 0 bridgehead atoms. The predicted octanol–water partition coefficient (Wildman–Crippen LogP) is 3.25. The van der Waals surface area contributed by atoms with Gasteiger partial charge in [0.2, 0.25) is 5.43 Å². The number of thioether (sulfide) groups is 1. The monoisotopic (exact) mass is 285 g/mol. The molecule has 1 aromatic heterocycles. The van der Waals surface area contributed by atoms with Gasteiger partial charge in [-0.25, -0.2) is 4.39 Å². The van der Waals surface area contributed by atoms with Crippen molar-refractivity contribution < 1.29 is 9.18 Å². The van der Waals surface area contributed by atoms with E-state index in [0.717, 1.165) is 6.07 Å². The Labute approximate surface area is 111 Å². The number of H-pyrrole nitrogens is 1. The van der Waals surface area contributed by atoms with Crippen LogP contribution >= 0.6 is 23.4 Å². The molecule has 1 N–H and O–H groups in total. The molecule has 0 aliphatic rings. The van der Waals surface area contributed by atoms with Gasteiger partial charge in [-0.2, -0.15) is 0 Å². The van der Waals surface area contributed by atoms with Gasteiger partial charge in [0.05, 0.1) is 21.1 Å². The maximum Gasteiger partial charge on any atom is 0.201 e. The number of ketones is 1. The van der Waals surface area contributed by atoms with Crippen LogP contribution in [0.15, 0.2) is 22.0 Å². The van der Waals surface area contributed by atoms with Crippen LogP contribution in [-0.2, 0) is 0 Å². The molecular formula is C12H9ClFNO2S. The quantitative estimate of drug-likeness (QED) is 0.681. The molecule has 0 radical (unpaired) electrons. The number of halogens is 2. The van der Waals surface area contributed by atoms with Crippen LogP contribution in [0, 0.1) is 5.82 Å². The van der Waals surface area contributed by atoms with Crippen LogP contribution in [0.5, 0.6) is 0 Å². The summed E-state index contributed by atoms with van der Waals surface area (Å²) in [6.45, 7) is 1.31. The van der Waals surface area contributed by atoms with Gasteiger partial charge < -0.3 is 4.98 Å². The van der Waals surface area contributed by atoms with E-state index in [9.17, 15) is 14.0 Å². The second kappa shape index (κ2) is 4.74. The Kier molecular flexibility index (Phi) is 3.45. The van der Waals surface area contributed by atoms with Gasteiger partial charge in [0.15, 0.2) is 5.78 Å². The number of carbonyl (C=O) groups is 1. The molecule has 0 fully saturated rings. The van der Waals surface area contributed by atoms with E-state index in [0.29, 0.717) is 10.5 Å². The summed E-state index contributed by atoms with van der Waals surface area (Å²) in [6.07, 6.45) is 1.74. The van der Waals surface area contributed by atoms with Crippen LogP contribution in [0.4, 0.5) is 4.39 Å². The molecule has 2 rings (SSSR count). The molecule has 0 saturated heterocycles. The Balaban J connectivity index is 2.96. The summed E-state index contributed by atoms with van der Waals surface area (Å²) in [5, 5.41) is 0.517. The van der Waals surface area contributed by atoms with Crippen molar-refractivity contribution in [2.45, 2.75) is 11.9 Å². The number of fused-ring (bicyclic) bond motifs is 1. The number of pyridine rings is 1. The van der Waals surface area contributed by atoms with Crippen LogP contribution in [0.25, 0.3) is 10.9 Å². The molecular weight excluding hydrogens is 277 g/mol. The van der Waals surface area contributed by atoms with Crippen molar-refractivity contribution in [2.24, 2.45) is 0 Å². The summed E-state index contributed by atoms with van der Waals surface area (Å²) in [5.41, 5.74) is -0.00589. The number of aromatic amines is 1. The van der Waals surface area contributed by atoms with Crippen molar-refractivity contribution >= 4 is 40.0 Å². The van der Waals surface area contributed by atoms with Gasteiger partial charge in [-0.1, -0.05) is 11.6 Å². The van der Waals surface area contributed by atoms with Crippen LogP contribution in [0.2, 0.25) is 5.02 Å². The highest BCUT2D eigenvalue weighted by atomic mass is 35.5. The molecule has 2 aromatic rings. The molecule has 18 heavy (non-hydrogen) atoms. The number of rotatable bonds is 2. The van der Waals surface area contributed by atoms with Gasteiger partial charge in [0, 0.05) is 5.39 Å². The minimum Gasteiger partial charge on any atom is -0.349 e. The topological polar surface area (TPSA) is 49.9 Å². The maximum absolute atomic E-state index is 13.4. The lowest BCUT2D eigenvalue weighted by Gasteiger charge is -2.07. The normalized spacial score (nSPS) is 10.9. The van der Waals surface area contributed by atoms with Crippen molar-refractivity contribution in [1.29, 1.82) is 0 Å². The van der Waals surface area contributed by atoms with Crippen LogP contribution in [0.1, 0.15) is 17.3 Å². The van der Waals surface area contributed by atoms with Gasteiger partial charge in [0.25, 0.3) is 0 Å². The molecule has 6 heteroatoms. The third kappa shape index (κ3) is 2.04. The Morgan fingerprint density at radius 1 is 1.44 bits per heavy atom. The fourth-order valence-electron chi connectivity index (χ4n) is 1.73. The molecule has 3 nitrogen and oxygen atoms in total. The van der Waals surface area contributed by atoms with Gasteiger partial charge in [0.1, 0.15) is 5.82 Å².